The van der Waals surface area contributed by atoms with Crippen molar-refractivity contribution in [2.24, 2.45) is 0 Å². The first kappa shape index (κ1) is 9.10. The molecule has 0 nitrogen and oxygen atoms in total. The van der Waals surface area contributed by atoms with Crippen LogP contribution in [0.2, 0.25) is 0 Å². The molecule has 0 spiro atoms. The largest absolute Gasteiger partial charge is 0.250 e. The third kappa shape index (κ3) is 1.78. The number of hydrogen-bond acceptors (Lipinski definition) is 0. The molecule has 1 aromatic rings. The van der Waals surface area contributed by atoms with Crippen molar-refractivity contribution in [1.82, 2.24) is 0 Å². The maximum absolute atomic E-state index is 12.9. The first-order chi connectivity index (χ1) is 5.65. The van der Waals surface area contributed by atoms with Crippen molar-refractivity contribution >= 4 is 0 Å². The molecule has 0 saturated heterocycles. The third-order valence-electron chi connectivity index (χ3n) is 1.59. The lowest BCUT2D eigenvalue weighted by atomic mass is 10.0. The van der Waals surface area contributed by atoms with Gasteiger partial charge in [-0.15, -0.1) is 0 Å². The van der Waals surface area contributed by atoms with Gasteiger partial charge in [0, 0.05) is 11.5 Å². The lowest BCUT2D eigenvalue weighted by Gasteiger charge is -2.06. The standard InChI is InChI=1S/C9H8F3/c1-6(5-10)8-4-7(11)2-3-9(8)12/h2-4H,5H2,1H3. The van der Waals surface area contributed by atoms with Crippen LogP contribution < -0.4 is 0 Å². The molecule has 3 heteroatoms. The molecular formula is C9H8F3. The van der Waals surface area contributed by atoms with E-state index in [4.69, 9.17) is 0 Å². The summed E-state index contributed by atoms with van der Waals surface area (Å²) in [6.07, 6.45) is 0. The van der Waals surface area contributed by atoms with Gasteiger partial charge >= 0.3 is 0 Å². The maximum Gasteiger partial charge on any atom is 0.127 e. The first-order valence-electron chi connectivity index (χ1n) is 3.49. The molecule has 0 aliphatic carbocycles. The summed E-state index contributed by atoms with van der Waals surface area (Å²) in [4.78, 5) is 0. The van der Waals surface area contributed by atoms with E-state index in [-0.39, 0.29) is 11.5 Å². The summed E-state index contributed by atoms with van der Waals surface area (Å²) < 4.78 is 37.5. The van der Waals surface area contributed by atoms with Crippen LogP contribution >= 0.6 is 0 Å². The van der Waals surface area contributed by atoms with Gasteiger partial charge in [0.15, 0.2) is 0 Å². The minimum Gasteiger partial charge on any atom is -0.250 e. The van der Waals surface area contributed by atoms with Crippen LogP contribution in [0.3, 0.4) is 0 Å². The molecule has 1 radical (unpaired) electrons. The number of hydrogen-bond donors (Lipinski definition) is 0. The van der Waals surface area contributed by atoms with Gasteiger partial charge < -0.3 is 0 Å². The van der Waals surface area contributed by atoms with E-state index in [0.29, 0.717) is 0 Å². The van der Waals surface area contributed by atoms with E-state index in [1.165, 1.54) is 6.92 Å². The van der Waals surface area contributed by atoms with Crippen LogP contribution in [-0.4, -0.2) is 6.67 Å². The second-order valence-corrected chi connectivity index (χ2v) is 2.54. The number of alkyl halides is 1. The Labute approximate surface area is 69.0 Å². The Morgan fingerprint density at radius 3 is 2.58 bits per heavy atom. The van der Waals surface area contributed by atoms with Crippen LogP contribution in [0, 0.1) is 17.6 Å². The smallest absolute Gasteiger partial charge is 0.127 e. The molecule has 0 atom stereocenters. The average molecular weight is 173 g/mol. The van der Waals surface area contributed by atoms with Crippen molar-refractivity contribution in [3.63, 3.8) is 0 Å². The van der Waals surface area contributed by atoms with E-state index in [1.807, 2.05) is 0 Å². The van der Waals surface area contributed by atoms with Gasteiger partial charge in [-0.3, -0.25) is 4.39 Å². The van der Waals surface area contributed by atoms with Crippen molar-refractivity contribution in [2.75, 3.05) is 6.67 Å². The Balaban J connectivity index is 3.04. The fourth-order valence-corrected chi connectivity index (χ4v) is 0.897. The fraction of sp³-hybridized carbons (Fsp3) is 0.222. The Morgan fingerprint density at radius 2 is 2.00 bits per heavy atom. The van der Waals surface area contributed by atoms with Gasteiger partial charge in [-0.1, -0.05) is 6.92 Å². The molecule has 0 N–H and O–H groups in total. The minimum absolute atomic E-state index is 0.0116. The van der Waals surface area contributed by atoms with E-state index in [9.17, 15) is 13.2 Å². The maximum atomic E-state index is 12.9. The Hall–Kier alpha value is -0.990. The summed E-state index contributed by atoms with van der Waals surface area (Å²) in [6, 6.07) is 2.98. The van der Waals surface area contributed by atoms with Crippen LogP contribution in [0.25, 0.3) is 0 Å². The summed E-state index contributed by atoms with van der Waals surface area (Å²) in [6.45, 7) is 0.665. The third-order valence-corrected chi connectivity index (χ3v) is 1.59. The van der Waals surface area contributed by atoms with Gasteiger partial charge in [0.25, 0.3) is 0 Å². The zero-order valence-corrected chi connectivity index (χ0v) is 6.57. The highest BCUT2D eigenvalue weighted by Gasteiger charge is 2.11. The Morgan fingerprint density at radius 1 is 1.33 bits per heavy atom. The SMILES string of the molecule is C[C](CF)c1cc(F)ccc1F. The van der Waals surface area contributed by atoms with Crippen molar-refractivity contribution < 1.29 is 13.2 Å². The van der Waals surface area contributed by atoms with Gasteiger partial charge in [-0.05, 0) is 18.2 Å². The summed E-state index contributed by atoms with van der Waals surface area (Å²) in [7, 11) is 0. The van der Waals surface area contributed by atoms with Gasteiger partial charge in [0.1, 0.15) is 11.6 Å². The normalized spacial score (nSPS) is 10.8. The minimum atomic E-state index is -0.764. The molecule has 0 bridgehead atoms. The number of halogens is 3. The molecule has 0 amide bonds. The molecule has 0 saturated carbocycles. The second kappa shape index (κ2) is 3.61. The van der Waals surface area contributed by atoms with Crippen molar-refractivity contribution in [3.05, 3.63) is 41.3 Å². The van der Waals surface area contributed by atoms with E-state index in [1.54, 1.807) is 0 Å². The number of benzene rings is 1. The lowest BCUT2D eigenvalue weighted by Crippen LogP contribution is -2.00. The summed E-state index contributed by atoms with van der Waals surface area (Å²) >= 11 is 0. The quantitative estimate of drug-likeness (QED) is 0.645. The molecule has 0 heterocycles. The number of rotatable bonds is 2. The topological polar surface area (TPSA) is 0 Å². The van der Waals surface area contributed by atoms with Crippen LogP contribution in [-0.2, 0) is 0 Å². The highest BCUT2D eigenvalue weighted by atomic mass is 19.1. The fourth-order valence-electron chi connectivity index (χ4n) is 0.897. The second-order valence-electron chi connectivity index (χ2n) is 2.54. The first-order valence-corrected chi connectivity index (χ1v) is 3.49. The van der Waals surface area contributed by atoms with Crippen LogP contribution in [0.5, 0.6) is 0 Å². The molecule has 1 rings (SSSR count). The summed E-state index contributed by atoms with van der Waals surface area (Å²) in [5, 5.41) is 0. The zero-order valence-electron chi connectivity index (χ0n) is 6.57. The van der Waals surface area contributed by atoms with Gasteiger partial charge in [-0.25, -0.2) is 8.78 Å². The van der Waals surface area contributed by atoms with Gasteiger partial charge in [-0.2, -0.15) is 0 Å². The van der Waals surface area contributed by atoms with Gasteiger partial charge in [0.2, 0.25) is 0 Å². The molecule has 12 heavy (non-hydrogen) atoms. The predicted molar refractivity (Wildman–Crippen MR) is 40.4 cm³/mol. The monoisotopic (exact) mass is 173 g/mol. The zero-order chi connectivity index (χ0) is 9.14. The molecule has 0 aliphatic rings. The molecule has 65 valence electrons. The molecular weight excluding hydrogens is 165 g/mol. The highest BCUT2D eigenvalue weighted by molar-refractivity contribution is 5.31. The molecule has 1 aromatic carbocycles. The molecule has 0 aromatic heterocycles. The van der Waals surface area contributed by atoms with Gasteiger partial charge in [0.05, 0.1) is 6.67 Å². The Bertz CT molecular complexity index is 270. The van der Waals surface area contributed by atoms with Crippen molar-refractivity contribution in [2.45, 2.75) is 6.92 Å². The molecule has 0 fully saturated rings. The average Bonchev–Trinajstić information content (AvgIpc) is 2.08. The van der Waals surface area contributed by atoms with E-state index >= 15 is 0 Å². The van der Waals surface area contributed by atoms with E-state index in [2.05, 4.69) is 0 Å². The van der Waals surface area contributed by atoms with E-state index < -0.39 is 18.3 Å². The van der Waals surface area contributed by atoms with E-state index in [0.717, 1.165) is 18.2 Å². The summed E-state index contributed by atoms with van der Waals surface area (Å²) in [5.74, 6) is -0.947. The highest BCUT2D eigenvalue weighted by Crippen LogP contribution is 2.19. The van der Waals surface area contributed by atoms with Crippen molar-refractivity contribution in [1.29, 1.82) is 0 Å². The Kier molecular flexibility index (Phi) is 2.74. The lowest BCUT2D eigenvalue weighted by molar-refractivity contribution is 0.505. The van der Waals surface area contributed by atoms with Crippen molar-refractivity contribution in [3.8, 4) is 0 Å². The predicted octanol–water partition coefficient (Wildman–Crippen LogP) is 2.88. The molecule has 0 unspecified atom stereocenters. The summed E-state index contributed by atoms with van der Waals surface area (Å²) in [5.41, 5.74) is 0.0116. The molecule has 0 aliphatic heterocycles. The van der Waals surface area contributed by atoms with Crippen LogP contribution in [0.4, 0.5) is 13.2 Å². The van der Waals surface area contributed by atoms with Crippen LogP contribution in [0.1, 0.15) is 12.5 Å². The van der Waals surface area contributed by atoms with Crippen LogP contribution in [0.15, 0.2) is 18.2 Å².